The Kier molecular flexibility index (Phi) is 52.6. The minimum atomic E-state index is -0.863. The number of hydrogen-bond acceptors (Lipinski definition) is 5. The molecule has 0 heterocycles. The van der Waals surface area contributed by atoms with Crippen LogP contribution in [0.2, 0.25) is 0 Å². The average Bonchev–Trinajstić information content (AvgIpc) is 3.31. The molecule has 1 amide bonds. The third kappa shape index (κ3) is 51.1. The lowest BCUT2D eigenvalue weighted by Gasteiger charge is -2.20. The molecule has 0 aromatic rings. The summed E-state index contributed by atoms with van der Waals surface area (Å²) in [6.45, 7) is 4.81. The van der Waals surface area contributed by atoms with Crippen LogP contribution in [0.15, 0.2) is 48.6 Å². The standard InChI is InChI=1S/C59H109NO5/c1-3-5-7-9-11-13-15-17-19-20-21-22-23-24-26-27-31-35-39-43-47-51-57(62)56(55-61)60-58(63)52-48-44-40-36-32-29-30-34-38-42-46-50-54-65-59(64)53-49-45-41-37-33-28-25-18-16-14-12-10-8-6-4-2/h12,14,18,25,30,34,47,51,56-57,61-62H,3-11,13,15-17,19-24,26-29,31-33,35-46,48-50,52-55H2,1-2H3,(H,60,63)/b14-12-,25-18-,34-30-,51-47+. The molecule has 0 radical (unpaired) electrons. The summed E-state index contributed by atoms with van der Waals surface area (Å²) in [5, 5.41) is 23.1. The fourth-order valence-electron chi connectivity index (χ4n) is 8.42. The highest BCUT2D eigenvalue weighted by atomic mass is 16.5. The minimum Gasteiger partial charge on any atom is -0.466 e. The molecule has 0 aromatic heterocycles. The zero-order valence-corrected chi connectivity index (χ0v) is 43.2. The molecule has 0 aliphatic heterocycles. The second-order valence-electron chi connectivity index (χ2n) is 19.3. The zero-order chi connectivity index (χ0) is 47.2. The van der Waals surface area contributed by atoms with Crippen LogP contribution in [0.1, 0.15) is 290 Å². The predicted octanol–water partition coefficient (Wildman–Crippen LogP) is 17.4. The molecule has 6 nitrogen and oxygen atoms in total. The average molecular weight is 913 g/mol. The summed E-state index contributed by atoms with van der Waals surface area (Å²) in [6.07, 6.45) is 68.4. The highest BCUT2D eigenvalue weighted by Gasteiger charge is 2.18. The zero-order valence-electron chi connectivity index (χ0n) is 43.2. The van der Waals surface area contributed by atoms with Gasteiger partial charge in [-0.15, -0.1) is 0 Å². The molecule has 0 saturated carbocycles. The van der Waals surface area contributed by atoms with Crippen molar-refractivity contribution >= 4 is 11.9 Å². The molecule has 2 unspecified atom stereocenters. The summed E-state index contributed by atoms with van der Waals surface area (Å²) in [5.41, 5.74) is 0. The van der Waals surface area contributed by atoms with Crippen molar-refractivity contribution in [1.82, 2.24) is 5.32 Å². The summed E-state index contributed by atoms with van der Waals surface area (Å²) in [7, 11) is 0. The van der Waals surface area contributed by atoms with Gasteiger partial charge >= 0.3 is 5.97 Å². The number of carbonyl (C=O) groups excluding carboxylic acids is 2. The molecule has 0 fully saturated rings. The first kappa shape index (κ1) is 62.8. The first-order valence-corrected chi connectivity index (χ1v) is 28.4. The third-order valence-electron chi connectivity index (χ3n) is 12.8. The van der Waals surface area contributed by atoms with Crippen molar-refractivity contribution in [2.45, 2.75) is 302 Å². The van der Waals surface area contributed by atoms with E-state index in [0.717, 1.165) is 103 Å². The molecule has 0 aromatic carbocycles. The van der Waals surface area contributed by atoms with Crippen LogP contribution < -0.4 is 5.32 Å². The maximum atomic E-state index is 12.5. The lowest BCUT2D eigenvalue weighted by Crippen LogP contribution is -2.45. The number of carbonyl (C=O) groups is 2. The Hall–Kier alpha value is -2.18. The lowest BCUT2D eigenvalue weighted by atomic mass is 10.0. The van der Waals surface area contributed by atoms with Gasteiger partial charge in [0.15, 0.2) is 0 Å². The number of ether oxygens (including phenoxy) is 1. The molecule has 0 rings (SSSR count). The van der Waals surface area contributed by atoms with Crippen molar-refractivity contribution in [2.75, 3.05) is 13.2 Å². The van der Waals surface area contributed by atoms with Gasteiger partial charge in [0.1, 0.15) is 0 Å². The van der Waals surface area contributed by atoms with Crippen molar-refractivity contribution in [3.63, 3.8) is 0 Å². The number of rotatable bonds is 52. The van der Waals surface area contributed by atoms with E-state index in [-0.39, 0.29) is 18.5 Å². The van der Waals surface area contributed by atoms with Crippen LogP contribution in [0.3, 0.4) is 0 Å². The largest absolute Gasteiger partial charge is 0.466 e. The highest BCUT2D eigenvalue weighted by molar-refractivity contribution is 5.76. The summed E-state index contributed by atoms with van der Waals surface area (Å²) in [5.74, 6) is -0.132. The Morgan fingerprint density at radius 3 is 1.22 bits per heavy atom. The second kappa shape index (κ2) is 54.4. The van der Waals surface area contributed by atoms with Gasteiger partial charge in [-0.1, -0.05) is 229 Å². The van der Waals surface area contributed by atoms with Gasteiger partial charge in [0.2, 0.25) is 5.91 Å². The van der Waals surface area contributed by atoms with Gasteiger partial charge < -0.3 is 20.3 Å². The van der Waals surface area contributed by atoms with E-state index in [0.29, 0.717) is 19.4 Å². The Morgan fingerprint density at radius 2 is 0.769 bits per heavy atom. The van der Waals surface area contributed by atoms with Crippen molar-refractivity contribution in [2.24, 2.45) is 0 Å². The van der Waals surface area contributed by atoms with E-state index in [4.69, 9.17) is 4.74 Å². The van der Waals surface area contributed by atoms with Crippen LogP contribution >= 0.6 is 0 Å². The monoisotopic (exact) mass is 912 g/mol. The predicted molar refractivity (Wildman–Crippen MR) is 282 cm³/mol. The topological polar surface area (TPSA) is 95.9 Å². The number of hydrogen-bond donors (Lipinski definition) is 3. The molecule has 0 bridgehead atoms. The minimum absolute atomic E-state index is 0.0386. The quantitative estimate of drug-likeness (QED) is 0.0321. The molecule has 0 spiro atoms. The molecule has 0 aliphatic carbocycles. The van der Waals surface area contributed by atoms with Crippen LogP contribution in [0.4, 0.5) is 0 Å². The third-order valence-corrected chi connectivity index (χ3v) is 12.8. The van der Waals surface area contributed by atoms with Crippen molar-refractivity contribution < 1.29 is 24.5 Å². The Balaban J connectivity index is 3.55. The van der Waals surface area contributed by atoms with Gasteiger partial charge in [0, 0.05) is 12.8 Å². The Morgan fingerprint density at radius 1 is 0.431 bits per heavy atom. The van der Waals surface area contributed by atoms with E-state index >= 15 is 0 Å². The van der Waals surface area contributed by atoms with Crippen LogP contribution in [0.25, 0.3) is 0 Å². The summed E-state index contributed by atoms with van der Waals surface area (Å²) in [4.78, 5) is 24.5. The number of unbranched alkanes of at least 4 members (excludes halogenated alkanes) is 35. The van der Waals surface area contributed by atoms with Gasteiger partial charge in [-0.2, -0.15) is 0 Å². The fraction of sp³-hybridized carbons (Fsp3) is 0.831. The van der Waals surface area contributed by atoms with Crippen LogP contribution in [-0.2, 0) is 14.3 Å². The van der Waals surface area contributed by atoms with Crippen LogP contribution in [0.5, 0.6) is 0 Å². The van der Waals surface area contributed by atoms with Gasteiger partial charge in [-0.05, 0) is 96.3 Å². The molecule has 0 saturated heterocycles. The normalized spacial score (nSPS) is 13.0. The Labute approximate surface area is 404 Å². The van der Waals surface area contributed by atoms with E-state index in [2.05, 4.69) is 55.6 Å². The smallest absolute Gasteiger partial charge is 0.305 e. The molecule has 380 valence electrons. The summed E-state index contributed by atoms with van der Waals surface area (Å²) < 4.78 is 5.44. The van der Waals surface area contributed by atoms with E-state index in [1.165, 1.54) is 161 Å². The number of aliphatic hydroxyl groups excluding tert-OH is 2. The number of nitrogens with one attached hydrogen (secondary N) is 1. The SMILES string of the molecule is CCCCC/C=C\C/C=C\CCCCCCCC(=O)OCCCCC/C=C\CCCCCCCC(=O)NC(CO)C(O)/C=C/CCCCCCCCCCCCCCCCCCCCC. The lowest BCUT2D eigenvalue weighted by molar-refractivity contribution is -0.143. The maximum absolute atomic E-state index is 12.5. The van der Waals surface area contributed by atoms with Crippen LogP contribution in [0, 0.1) is 0 Å². The van der Waals surface area contributed by atoms with Crippen molar-refractivity contribution in [3.05, 3.63) is 48.6 Å². The van der Waals surface area contributed by atoms with E-state index in [1.807, 2.05) is 6.08 Å². The molecule has 6 heteroatoms. The number of esters is 1. The summed E-state index contributed by atoms with van der Waals surface area (Å²) >= 11 is 0. The summed E-state index contributed by atoms with van der Waals surface area (Å²) in [6, 6.07) is -0.649. The maximum Gasteiger partial charge on any atom is 0.305 e. The fourth-order valence-corrected chi connectivity index (χ4v) is 8.42. The van der Waals surface area contributed by atoms with Crippen LogP contribution in [-0.4, -0.2) is 47.4 Å². The molecule has 0 aliphatic rings. The second-order valence-corrected chi connectivity index (χ2v) is 19.3. The van der Waals surface area contributed by atoms with Crippen molar-refractivity contribution in [3.8, 4) is 0 Å². The highest BCUT2D eigenvalue weighted by Crippen LogP contribution is 2.16. The first-order chi connectivity index (χ1) is 32.0. The van der Waals surface area contributed by atoms with Crippen molar-refractivity contribution in [1.29, 1.82) is 0 Å². The van der Waals surface area contributed by atoms with Gasteiger partial charge in [-0.3, -0.25) is 9.59 Å². The Bertz CT molecular complexity index is 1100. The van der Waals surface area contributed by atoms with Gasteiger partial charge in [0.05, 0.1) is 25.4 Å². The van der Waals surface area contributed by atoms with E-state index in [9.17, 15) is 19.8 Å². The van der Waals surface area contributed by atoms with Gasteiger partial charge in [0.25, 0.3) is 0 Å². The number of aliphatic hydroxyl groups is 2. The first-order valence-electron chi connectivity index (χ1n) is 28.4. The number of allylic oxidation sites excluding steroid dienone is 7. The molecular formula is C59H109NO5. The molecule has 2 atom stereocenters. The molecular weight excluding hydrogens is 803 g/mol. The molecule has 3 N–H and O–H groups in total. The van der Waals surface area contributed by atoms with Gasteiger partial charge in [-0.25, -0.2) is 0 Å². The van der Waals surface area contributed by atoms with E-state index in [1.54, 1.807) is 6.08 Å². The number of amides is 1. The van der Waals surface area contributed by atoms with E-state index < -0.39 is 12.1 Å². The molecule has 65 heavy (non-hydrogen) atoms.